The summed E-state index contributed by atoms with van der Waals surface area (Å²) < 4.78 is 127. The molecule has 2 aliphatic rings. The highest BCUT2D eigenvalue weighted by atomic mass is 32.2. The number of nitrogens with two attached hydrogens (primary N) is 1. The van der Waals surface area contributed by atoms with E-state index in [2.05, 4.69) is 9.97 Å². The van der Waals surface area contributed by atoms with E-state index in [1.165, 1.54) is 46.2 Å². The molecule has 5 amide bonds. The number of alkyl halides is 2. The van der Waals surface area contributed by atoms with E-state index >= 15 is 0 Å². The second kappa shape index (κ2) is 21.5. The highest BCUT2D eigenvalue weighted by Gasteiger charge is 2.32. The van der Waals surface area contributed by atoms with Gasteiger partial charge in [-0.15, -0.1) is 0 Å². The maximum atomic E-state index is 14.8. The van der Waals surface area contributed by atoms with Gasteiger partial charge >= 0.3 is 18.5 Å². The van der Waals surface area contributed by atoms with E-state index in [9.17, 15) is 67.2 Å². The fourth-order valence-electron chi connectivity index (χ4n) is 6.20. The first-order valence-electron chi connectivity index (χ1n) is 19.3. The Balaban J connectivity index is 0.000000247. The molecule has 2 aliphatic heterocycles. The van der Waals surface area contributed by atoms with Crippen molar-refractivity contribution in [2.75, 3.05) is 72.1 Å². The first-order chi connectivity index (χ1) is 30.7. The number of urea groups is 2. The van der Waals surface area contributed by atoms with Gasteiger partial charge in [0.2, 0.25) is 0 Å². The molecule has 0 unspecified atom stereocenters. The second-order valence-electron chi connectivity index (χ2n) is 14.4. The maximum Gasteiger partial charge on any atom is 0.326 e. The molecule has 0 atom stereocenters. The first kappa shape index (κ1) is 49.5. The molecule has 348 valence electrons. The van der Waals surface area contributed by atoms with Crippen LogP contribution < -0.4 is 20.9 Å². The van der Waals surface area contributed by atoms with E-state index in [1.54, 1.807) is 5.32 Å². The Morgan fingerprint density at radius 2 is 1.03 bits per heavy atom. The summed E-state index contributed by atoms with van der Waals surface area (Å²) in [4.78, 5) is 73.4. The molecule has 2 saturated heterocycles. The molecule has 6 rings (SSSR count). The minimum Gasteiger partial charge on any atom is -0.344 e. The number of halogens is 6. The van der Waals surface area contributed by atoms with Gasteiger partial charge in [0.15, 0.2) is 31.2 Å². The normalized spacial score (nSPS) is 15.3. The van der Waals surface area contributed by atoms with Gasteiger partial charge in [-0.3, -0.25) is 24.2 Å². The van der Waals surface area contributed by atoms with Gasteiger partial charge in [-0.1, -0.05) is 24.3 Å². The van der Waals surface area contributed by atoms with E-state index in [-0.39, 0.29) is 103 Å². The van der Waals surface area contributed by atoms with Gasteiger partial charge in [-0.25, -0.2) is 54.0 Å². The summed E-state index contributed by atoms with van der Waals surface area (Å²) in [6.07, 6.45) is -1.51. The zero-order chi connectivity index (χ0) is 47.6. The van der Waals surface area contributed by atoms with Gasteiger partial charge in [0.05, 0.1) is 61.6 Å². The number of Topliss-reactive ketones (excluding diaryl/α,β-unsaturated/α-hetero) is 2. The second-order valence-corrected chi connectivity index (χ2v) is 19.0. The molecule has 2 aromatic heterocycles. The van der Waals surface area contributed by atoms with Gasteiger partial charge in [0, 0.05) is 48.4 Å². The summed E-state index contributed by atoms with van der Waals surface area (Å²) in [7, 11) is -6.48. The highest BCUT2D eigenvalue weighted by Crippen LogP contribution is 2.23. The van der Waals surface area contributed by atoms with Crippen molar-refractivity contribution in [1.82, 2.24) is 25.1 Å². The summed E-state index contributed by atoms with van der Waals surface area (Å²) in [5.41, 5.74) is 5.26. The van der Waals surface area contributed by atoms with Crippen molar-refractivity contribution in [1.29, 1.82) is 0 Å². The Morgan fingerprint density at radius 1 is 0.631 bits per heavy atom. The van der Waals surface area contributed by atoms with Crippen LogP contribution >= 0.6 is 0 Å². The van der Waals surface area contributed by atoms with Gasteiger partial charge < -0.3 is 20.9 Å². The topological polar surface area (TPSA) is 230 Å². The molecule has 17 nitrogen and oxygen atoms in total. The molecule has 0 radical (unpaired) electrons. The molecule has 0 bridgehead atoms. The van der Waals surface area contributed by atoms with Crippen LogP contribution in [0.25, 0.3) is 0 Å². The quantitative estimate of drug-likeness (QED) is 0.154. The smallest absolute Gasteiger partial charge is 0.326 e. The summed E-state index contributed by atoms with van der Waals surface area (Å²) in [5.74, 6) is -6.53. The van der Waals surface area contributed by atoms with Crippen molar-refractivity contribution in [3.63, 3.8) is 0 Å². The van der Waals surface area contributed by atoms with Crippen LogP contribution in [0.2, 0.25) is 0 Å². The van der Waals surface area contributed by atoms with Crippen LogP contribution in [-0.2, 0) is 37.6 Å². The average Bonchev–Trinajstić information content (AvgIpc) is 3.27. The summed E-state index contributed by atoms with van der Waals surface area (Å²) >= 11 is 0. The monoisotopic (exact) mass is 954 g/mol. The number of nitrogens with zero attached hydrogens (tertiary/aromatic N) is 6. The lowest BCUT2D eigenvalue weighted by Gasteiger charge is -2.32. The molecule has 0 spiro atoms. The van der Waals surface area contributed by atoms with Crippen molar-refractivity contribution in [3.05, 3.63) is 119 Å². The molecule has 4 heterocycles. The Morgan fingerprint density at radius 3 is 1.37 bits per heavy atom. The fourth-order valence-corrected chi connectivity index (χ4v) is 8.60. The van der Waals surface area contributed by atoms with Gasteiger partial charge in [0.1, 0.15) is 34.9 Å². The average molecular weight is 955 g/mol. The van der Waals surface area contributed by atoms with Gasteiger partial charge in [-0.05, 0) is 36.4 Å². The lowest BCUT2D eigenvalue weighted by molar-refractivity contribution is -0.131. The number of aromatic nitrogens is 2. The lowest BCUT2D eigenvalue weighted by atomic mass is 10.1. The van der Waals surface area contributed by atoms with Crippen molar-refractivity contribution < 1.29 is 67.2 Å². The van der Waals surface area contributed by atoms with Crippen molar-refractivity contribution >= 4 is 60.8 Å². The summed E-state index contributed by atoms with van der Waals surface area (Å²) in [6.45, 7) is -1.84. The van der Waals surface area contributed by atoms with Crippen LogP contribution in [0.15, 0.2) is 73.1 Å². The number of rotatable bonds is 12. The number of ketones is 2. The fraction of sp³-hybridized carbons (Fsp3) is 0.325. The van der Waals surface area contributed by atoms with Gasteiger partial charge in [-0.2, -0.15) is 8.78 Å². The number of sulfone groups is 2. The third kappa shape index (κ3) is 13.5. The van der Waals surface area contributed by atoms with Crippen molar-refractivity contribution in [2.24, 2.45) is 5.73 Å². The first-order valence-corrected chi connectivity index (χ1v) is 23.0. The molecule has 2 aromatic carbocycles. The van der Waals surface area contributed by atoms with E-state index in [0.717, 1.165) is 46.5 Å². The number of carbonyl (C=O) groups is 5. The SMILES string of the molecule is NCC(=O)c1ccc(CN(C(=O)N2CCS(=O)(=O)CC2)c2ccc(F)cn2)c(F)c1.O=C(CNC(=O)C(F)F)c1ccc(CN(C(=O)N2CCS(=O)(=O)CC2)c2ccc(F)cn2)c(F)c1. The predicted molar refractivity (Wildman–Crippen MR) is 222 cm³/mol. The molecule has 0 aliphatic carbocycles. The number of carbonyl (C=O) groups excluding carboxylic acids is 5. The van der Waals surface area contributed by atoms with E-state index in [0.29, 0.717) is 0 Å². The number of benzene rings is 2. The summed E-state index contributed by atoms with van der Waals surface area (Å²) in [6, 6.07) is 10.4. The predicted octanol–water partition coefficient (Wildman–Crippen LogP) is 3.14. The van der Waals surface area contributed by atoms with Crippen LogP contribution in [0.3, 0.4) is 0 Å². The molecule has 65 heavy (non-hydrogen) atoms. The molecular formula is C40H40F6N8O9S2. The van der Waals surface area contributed by atoms with Crippen molar-refractivity contribution in [2.45, 2.75) is 19.5 Å². The number of pyridine rings is 2. The Labute approximate surface area is 368 Å². The van der Waals surface area contributed by atoms with Crippen LogP contribution in [0.4, 0.5) is 47.6 Å². The van der Waals surface area contributed by atoms with E-state index in [1.807, 2.05) is 0 Å². The van der Waals surface area contributed by atoms with Crippen LogP contribution in [0.5, 0.6) is 0 Å². The molecule has 2 fully saturated rings. The molecular weight excluding hydrogens is 915 g/mol. The molecule has 3 N–H and O–H groups in total. The van der Waals surface area contributed by atoms with E-state index in [4.69, 9.17) is 5.73 Å². The van der Waals surface area contributed by atoms with Crippen LogP contribution in [0, 0.1) is 23.3 Å². The number of nitrogens with one attached hydrogen (secondary N) is 1. The standard InChI is InChI=1S/C21H20F4N4O5S.C19H20F2N4O4S/c22-15-3-4-18(26-10-15)29(21(32)28-5-7-35(33,34)8-6-28)12-14-2-1-13(9-16(14)23)17(30)11-27-20(31)19(24)25;20-15-3-4-18(23-11-15)25(19(27)24-5-7-30(28,29)8-6-24)12-14-2-1-13(9-16(14)21)17(26)10-22/h1-4,9-10,19H,5-8,11-12H2,(H,27,31);1-4,9,11H,5-8,10,12,22H2. The largest absolute Gasteiger partial charge is 0.344 e. The number of hydrogen-bond donors (Lipinski definition) is 2. The third-order valence-electron chi connectivity index (χ3n) is 9.88. The zero-order valence-electron chi connectivity index (χ0n) is 34.0. The minimum absolute atomic E-state index is 0.00865. The zero-order valence-corrected chi connectivity index (χ0v) is 35.6. The van der Waals surface area contributed by atoms with Crippen LogP contribution in [0.1, 0.15) is 31.8 Å². The van der Waals surface area contributed by atoms with Gasteiger partial charge in [0.25, 0.3) is 5.91 Å². The van der Waals surface area contributed by atoms with Crippen molar-refractivity contribution in [3.8, 4) is 0 Å². The number of anilines is 2. The molecule has 0 saturated carbocycles. The summed E-state index contributed by atoms with van der Waals surface area (Å²) in [5, 5.41) is 1.73. The maximum absolute atomic E-state index is 14.8. The molecule has 25 heteroatoms. The van der Waals surface area contributed by atoms with Crippen LogP contribution in [-0.4, -0.2) is 135 Å². The Kier molecular flexibility index (Phi) is 16.4. The van der Waals surface area contributed by atoms with E-state index < -0.39 is 85.4 Å². The third-order valence-corrected chi connectivity index (χ3v) is 13.1. The highest BCUT2D eigenvalue weighted by molar-refractivity contribution is 7.91. The lowest BCUT2D eigenvalue weighted by Crippen LogP contribution is -2.50. The molecule has 4 aromatic rings. The number of amides is 5. The Bertz CT molecular complexity index is 2620. The number of hydrogen-bond acceptors (Lipinski definition) is 12. The minimum atomic E-state index is -3.30. The Hall–Kier alpha value is -6.47.